The van der Waals surface area contributed by atoms with Gasteiger partial charge in [-0.3, -0.25) is 0 Å². The van der Waals surface area contributed by atoms with Gasteiger partial charge in [-0.2, -0.15) is 0 Å². The van der Waals surface area contributed by atoms with Crippen LogP contribution in [0.2, 0.25) is 0 Å². The smallest absolute Gasteiger partial charge is 0.335 e. The van der Waals surface area contributed by atoms with Crippen LogP contribution in [0.5, 0.6) is 0 Å². The number of aromatic carboxylic acids is 1. The molecule has 5 aliphatic carbocycles. The average molecular weight is 639 g/mol. The largest absolute Gasteiger partial charge is 0.478 e. The van der Waals surface area contributed by atoms with E-state index in [1.807, 2.05) is 18.2 Å². The van der Waals surface area contributed by atoms with Crippen molar-refractivity contribution in [2.45, 2.75) is 105 Å². The molecule has 5 aliphatic rings. The Morgan fingerprint density at radius 3 is 2.28 bits per heavy atom. The monoisotopic (exact) mass is 638 g/mol. The molecular formula is C42H55FN2O2. The number of carboxylic acid groups (broad SMARTS) is 1. The SMILES string of the molecule is C=C(C)[C@@H]1CC[C@]2(N(C)c3ccc(F)cn3)CC[C@]3(C)[C@H](CC[C@@H]4[C@@]5(C)CC=C(c6ccc(C(=O)O)cc6)C(C)(C)[C@@H]5CC[C@]43C)[C@@H]12. The number of carbonyl (C=O) groups is 1. The van der Waals surface area contributed by atoms with E-state index in [2.05, 4.69) is 71.1 Å². The number of benzene rings is 1. The number of allylic oxidation sites excluding steroid dienone is 3. The first-order valence-electron chi connectivity index (χ1n) is 18.2. The van der Waals surface area contributed by atoms with Crippen molar-refractivity contribution >= 4 is 17.4 Å². The van der Waals surface area contributed by atoms with Crippen molar-refractivity contribution in [2.24, 2.45) is 51.2 Å². The summed E-state index contributed by atoms with van der Waals surface area (Å²) in [7, 11) is 2.22. The molecule has 1 N–H and O–H groups in total. The van der Waals surface area contributed by atoms with E-state index in [0.29, 0.717) is 35.2 Å². The lowest BCUT2D eigenvalue weighted by atomic mass is 9.33. The van der Waals surface area contributed by atoms with Crippen LogP contribution in [0.1, 0.15) is 115 Å². The highest BCUT2D eigenvalue weighted by Crippen LogP contribution is 2.77. The van der Waals surface area contributed by atoms with Gasteiger partial charge in [0, 0.05) is 12.6 Å². The summed E-state index contributed by atoms with van der Waals surface area (Å²) < 4.78 is 13.9. The topological polar surface area (TPSA) is 53.4 Å². The molecule has 0 aliphatic heterocycles. The standard InChI is InChI=1S/C42H55FN2O2/c1-26(2)30-17-22-42(45(8)35-16-13-29(43)25-44-35)24-23-40(6)32(36(30)42)14-15-34-39(5)20-18-31(27-9-11-28(12-10-27)37(46)47)38(3,4)33(39)19-21-41(34,40)7/h9-13,16,18,25,30,32-34,36H,1,14-15,17,19-24H2,2-8H3,(H,46,47)/t30-,32+,33-,34+,36+,39-,40+,41+,42-/m0/s1. The van der Waals surface area contributed by atoms with Gasteiger partial charge in [-0.05, 0) is 151 Å². The third-order valence-corrected chi connectivity index (χ3v) is 15.8. The number of hydrogen-bond acceptors (Lipinski definition) is 3. The molecule has 0 unspecified atom stereocenters. The fourth-order valence-corrected chi connectivity index (χ4v) is 13.4. The average Bonchev–Trinajstić information content (AvgIpc) is 3.42. The molecular weight excluding hydrogens is 583 g/mol. The zero-order chi connectivity index (χ0) is 33.7. The quantitative estimate of drug-likeness (QED) is 0.331. The Morgan fingerprint density at radius 1 is 0.915 bits per heavy atom. The van der Waals surface area contributed by atoms with Crippen molar-refractivity contribution in [1.29, 1.82) is 0 Å². The van der Waals surface area contributed by atoms with Gasteiger partial charge in [-0.25, -0.2) is 14.2 Å². The zero-order valence-electron chi connectivity index (χ0n) is 29.7. The van der Waals surface area contributed by atoms with E-state index in [-0.39, 0.29) is 33.0 Å². The van der Waals surface area contributed by atoms with Crippen LogP contribution >= 0.6 is 0 Å². The molecule has 1 heterocycles. The molecule has 5 heteroatoms. The van der Waals surface area contributed by atoms with Gasteiger partial charge in [-0.1, -0.05) is 65.0 Å². The number of hydrogen-bond donors (Lipinski definition) is 1. The predicted octanol–water partition coefficient (Wildman–Crippen LogP) is 10.5. The van der Waals surface area contributed by atoms with Crippen molar-refractivity contribution in [1.82, 2.24) is 4.98 Å². The lowest BCUT2D eigenvalue weighted by Crippen LogP contribution is -2.68. The second-order valence-electron chi connectivity index (χ2n) is 17.6. The number of aromatic nitrogens is 1. The summed E-state index contributed by atoms with van der Waals surface area (Å²) in [6, 6.07) is 11.0. The minimum atomic E-state index is -0.873. The van der Waals surface area contributed by atoms with Gasteiger partial charge in [0.1, 0.15) is 11.6 Å². The number of halogens is 1. The minimum absolute atomic E-state index is 0.0000869. The number of pyridine rings is 1. The van der Waals surface area contributed by atoms with Gasteiger partial charge < -0.3 is 10.0 Å². The second kappa shape index (κ2) is 10.8. The fraction of sp³-hybridized carbons (Fsp3) is 0.619. The van der Waals surface area contributed by atoms with E-state index in [1.54, 1.807) is 18.2 Å². The molecule has 7 rings (SSSR count). The van der Waals surface area contributed by atoms with Crippen LogP contribution in [0.3, 0.4) is 0 Å². The molecule has 0 amide bonds. The Balaban J connectivity index is 1.24. The molecule has 252 valence electrons. The minimum Gasteiger partial charge on any atom is -0.478 e. The van der Waals surface area contributed by atoms with E-state index in [1.165, 1.54) is 61.4 Å². The van der Waals surface area contributed by atoms with Gasteiger partial charge in [0.15, 0.2) is 0 Å². The molecule has 0 radical (unpaired) electrons. The number of nitrogens with zero attached hydrogens (tertiary/aromatic N) is 2. The second-order valence-corrected chi connectivity index (χ2v) is 17.6. The van der Waals surface area contributed by atoms with Crippen LogP contribution in [0, 0.1) is 57.1 Å². The van der Waals surface area contributed by atoms with Gasteiger partial charge in [-0.15, -0.1) is 0 Å². The van der Waals surface area contributed by atoms with Crippen LogP contribution < -0.4 is 4.90 Å². The number of anilines is 1. The Kier molecular flexibility index (Phi) is 7.47. The Morgan fingerprint density at radius 2 is 1.64 bits per heavy atom. The van der Waals surface area contributed by atoms with Gasteiger partial charge in [0.2, 0.25) is 0 Å². The Labute approximate surface area is 281 Å². The maximum Gasteiger partial charge on any atom is 0.335 e. The summed E-state index contributed by atoms with van der Waals surface area (Å²) in [6.45, 7) is 19.7. The molecule has 4 fully saturated rings. The van der Waals surface area contributed by atoms with Crippen LogP contribution in [0.15, 0.2) is 60.8 Å². The van der Waals surface area contributed by atoms with Gasteiger partial charge in [0.05, 0.1) is 11.8 Å². The van der Waals surface area contributed by atoms with Crippen molar-refractivity contribution in [2.75, 3.05) is 11.9 Å². The molecule has 9 atom stereocenters. The van der Waals surface area contributed by atoms with Crippen LogP contribution in [0.25, 0.3) is 5.57 Å². The van der Waals surface area contributed by atoms with E-state index in [0.717, 1.165) is 25.1 Å². The molecule has 0 saturated heterocycles. The predicted molar refractivity (Wildman–Crippen MR) is 189 cm³/mol. The highest BCUT2D eigenvalue weighted by molar-refractivity contribution is 5.88. The first-order valence-corrected chi connectivity index (χ1v) is 18.2. The lowest BCUT2D eigenvalue weighted by molar-refractivity contribution is -0.217. The summed E-state index contributed by atoms with van der Waals surface area (Å²) in [4.78, 5) is 18.6. The zero-order valence-corrected chi connectivity index (χ0v) is 29.7. The van der Waals surface area contributed by atoms with Crippen LogP contribution in [-0.4, -0.2) is 28.6 Å². The summed E-state index contributed by atoms with van der Waals surface area (Å²) in [5, 5.41) is 9.47. The Bertz CT molecular complexity index is 1610. The molecule has 0 spiro atoms. The number of fused-ring (bicyclic) bond motifs is 7. The maximum atomic E-state index is 13.9. The molecule has 4 nitrogen and oxygen atoms in total. The molecule has 1 aromatic heterocycles. The molecule has 47 heavy (non-hydrogen) atoms. The Hall–Kier alpha value is -2.95. The van der Waals surface area contributed by atoms with Gasteiger partial charge >= 0.3 is 5.97 Å². The normalized spacial score (nSPS) is 40.3. The van der Waals surface area contributed by atoms with Gasteiger partial charge in [0.25, 0.3) is 0 Å². The van der Waals surface area contributed by atoms with E-state index in [9.17, 15) is 14.3 Å². The fourth-order valence-electron chi connectivity index (χ4n) is 13.4. The van der Waals surface area contributed by atoms with Crippen LogP contribution in [0.4, 0.5) is 10.2 Å². The highest BCUT2D eigenvalue weighted by Gasteiger charge is 2.71. The number of rotatable bonds is 5. The van der Waals surface area contributed by atoms with E-state index >= 15 is 0 Å². The van der Waals surface area contributed by atoms with Crippen molar-refractivity contribution < 1.29 is 14.3 Å². The van der Waals surface area contributed by atoms with Crippen molar-refractivity contribution in [3.8, 4) is 0 Å². The summed E-state index contributed by atoms with van der Waals surface area (Å²) in [5.74, 6) is 2.58. The molecule has 1 aromatic carbocycles. The van der Waals surface area contributed by atoms with E-state index < -0.39 is 5.97 Å². The van der Waals surface area contributed by atoms with Crippen LogP contribution in [-0.2, 0) is 0 Å². The van der Waals surface area contributed by atoms with E-state index in [4.69, 9.17) is 0 Å². The first-order chi connectivity index (χ1) is 22.1. The number of carboxylic acids is 1. The molecule has 4 saturated carbocycles. The summed E-state index contributed by atoms with van der Waals surface area (Å²) in [5.41, 5.74) is 4.93. The first kappa shape index (κ1) is 32.6. The molecule has 0 bridgehead atoms. The van der Waals surface area contributed by atoms with Crippen molar-refractivity contribution in [3.63, 3.8) is 0 Å². The third kappa shape index (κ3) is 4.42. The van der Waals surface area contributed by atoms with Crippen molar-refractivity contribution in [3.05, 3.63) is 77.8 Å². The summed E-state index contributed by atoms with van der Waals surface area (Å²) >= 11 is 0. The third-order valence-electron chi connectivity index (χ3n) is 15.8. The molecule has 2 aromatic rings. The summed E-state index contributed by atoms with van der Waals surface area (Å²) in [6.07, 6.45) is 14.7. The highest BCUT2D eigenvalue weighted by atomic mass is 19.1. The maximum absolute atomic E-state index is 13.9. The lowest BCUT2D eigenvalue weighted by Gasteiger charge is -2.73.